The first kappa shape index (κ1) is 18.8. The first-order valence-electron chi connectivity index (χ1n) is 8.56. The van der Waals surface area contributed by atoms with Crippen LogP contribution in [0, 0.1) is 0 Å². The van der Waals surface area contributed by atoms with Gasteiger partial charge in [0.2, 0.25) is 0 Å². The number of methoxy groups -OCH3 is 1. The molecule has 0 spiro atoms. The first-order valence-corrected chi connectivity index (χ1v) is 8.56. The minimum atomic E-state index is -0.302. The van der Waals surface area contributed by atoms with E-state index in [4.69, 9.17) is 9.47 Å². The topological polar surface area (TPSA) is 73.1 Å². The normalized spacial score (nSPS) is 10.7. The van der Waals surface area contributed by atoms with Gasteiger partial charge in [-0.3, -0.25) is 14.0 Å². The van der Waals surface area contributed by atoms with Gasteiger partial charge >= 0.3 is 5.97 Å². The number of rotatable bonds is 8. The molecule has 136 valence electrons. The summed E-state index contributed by atoms with van der Waals surface area (Å²) >= 11 is 0. The highest BCUT2D eigenvalue weighted by molar-refractivity contribution is 5.95. The summed E-state index contributed by atoms with van der Waals surface area (Å²) in [7, 11) is 1.58. The molecule has 0 bridgehead atoms. The molecule has 0 radical (unpaired) electrons. The van der Waals surface area contributed by atoms with Gasteiger partial charge in [0, 0.05) is 19.3 Å². The molecule has 0 aliphatic carbocycles. The fraction of sp³-hybridized carbons (Fsp3) is 0.500. The maximum Gasteiger partial charge on any atom is 0.307 e. The van der Waals surface area contributed by atoms with Crippen LogP contribution in [-0.2, 0) is 16.0 Å². The second-order valence-corrected chi connectivity index (χ2v) is 5.47. The lowest BCUT2D eigenvalue weighted by Gasteiger charge is -2.20. The molecule has 0 fully saturated rings. The average molecular weight is 347 g/mol. The Morgan fingerprint density at radius 2 is 2.04 bits per heavy atom. The summed E-state index contributed by atoms with van der Waals surface area (Å²) in [6.45, 7) is 6.76. The van der Waals surface area contributed by atoms with Crippen molar-refractivity contribution in [2.75, 3.05) is 26.8 Å². The number of carbonyl (C=O) groups is 2. The summed E-state index contributed by atoms with van der Waals surface area (Å²) in [6, 6.07) is 3.63. The number of ether oxygens (including phenoxy) is 2. The summed E-state index contributed by atoms with van der Waals surface area (Å²) < 4.78 is 12.0. The van der Waals surface area contributed by atoms with Gasteiger partial charge in [-0.05, 0) is 32.4 Å². The average Bonchev–Trinajstić information content (AvgIpc) is 3.00. The number of amides is 1. The van der Waals surface area contributed by atoms with Crippen LogP contribution >= 0.6 is 0 Å². The molecule has 0 unspecified atom stereocenters. The number of hydrogen-bond donors (Lipinski definition) is 0. The molecule has 2 aromatic rings. The van der Waals surface area contributed by atoms with Crippen molar-refractivity contribution in [2.24, 2.45) is 0 Å². The van der Waals surface area contributed by atoms with E-state index in [2.05, 4.69) is 4.98 Å². The quantitative estimate of drug-likeness (QED) is 0.685. The van der Waals surface area contributed by atoms with Gasteiger partial charge in [0.15, 0.2) is 11.4 Å². The lowest BCUT2D eigenvalue weighted by molar-refractivity contribution is -0.143. The van der Waals surface area contributed by atoms with Gasteiger partial charge in [0.25, 0.3) is 5.91 Å². The van der Waals surface area contributed by atoms with Gasteiger partial charge in [-0.2, -0.15) is 0 Å². The third kappa shape index (κ3) is 3.92. The van der Waals surface area contributed by atoms with Crippen LogP contribution in [0.5, 0.6) is 5.75 Å². The minimum Gasteiger partial charge on any atom is -0.493 e. The Bertz CT molecular complexity index is 754. The number of aromatic nitrogens is 2. The molecule has 0 aliphatic heterocycles. The number of nitrogens with zero attached hydrogens (tertiary/aromatic N) is 3. The van der Waals surface area contributed by atoms with Gasteiger partial charge in [-0.25, -0.2) is 4.98 Å². The largest absolute Gasteiger partial charge is 0.493 e. The lowest BCUT2D eigenvalue weighted by Crippen LogP contribution is -2.34. The van der Waals surface area contributed by atoms with Crippen LogP contribution in [0.25, 0.3) is 5.65 Å². The highest BCUT2D eigenvalue weighted by Gasteiger charge is 2.24. The molecular formula is C18H25N3O4. The molecule has 2 heterocycles. The Labute approximate surface area is 147 Å². The Balaban J connectivity index is 2.35. The molecule has 0 aromatic carbocycles. The molecule has 7 nitrogen and oxygen atoms in total. The number of esters is 1. The van der Waals surface area contributed by atoms with E-state index in [1.807, 2.05) is 26.0 Å². The Kier molecular flexibility index (Phi) is 6.38. The lowest BCUT2D eigenvalue weighted by atomic mass is 10.2. The number of fused-ring (bicyclic) bond motifs is 1. The zero-order valence-electron chi connectivity index (χ0n) is 15.2. The molecule has 2 aromatic heterocycles. The van der Waals surface area contributed by atoms with Crippen LogP contribution in [0.15, 0.2) is 18.3 Å². The van der Waals surface area contributed by atoms with E-state index in [9.17, 15) is 9.59 Å². The van der Waals surface area contributed by atoms with E-state index in [1.54, 1.807) is 29.5 Å². The molecule has 0 saturated heterocycles. The molecule has 7 heteroatoms. The summed E-state index contributed by atoms with van der Waals surface area (Å²) in [5.41, 5.74) is 1.85. The number of imidazole rings is 1. The minimum absolute atomic E-state index is 0.149. The summed E-state index contributed by atoms with van der Waals surface area (Å²) in [5.74, 6) is 0.166. The number of carbonyl (C=O) groups excluding carboxylic acids is 2. The second-order valence-electron chi connectivity index (χ2n) is 5.47. The highest BCUT2D eigenvalue weighted by Crippen LogP contribution is 2.23. The predicted molar refractivity (Wildman–Crippen MR) is 93.9 cm³/mol. The molecule has 25 heavy (non-hydrogen) atoms. The Morgan fingerprint density at radius 3 is 2.64 bits per heavy atom. The van der Waals surface area contributed by atoms with Gasteiger partial charge in [-0.15, -0.1) is 0 Å². The van der Waals surface area contributed by atoms with Crippen LogP contribution in [0.2, 0.25) is 0 Å². The summed E-state index contributed by atoms with van der Waals surface area (Å²) in [5, 5.41) is 0. The maximum absolute atomic E-state index is 13.1. The predicted octanol–water partition coefficient (Wildman–Crippen LogP) is 2.32. The van der Waals surface area contributed by atoms with Crippen LogP contribution in [0.1, 0.15) is 43.4 Å². The fourth-order valence-corrected chi connectivity index (χ4v) is 2.73. The molecule has 2 rings (SSSR count). The van der Waals surface area contributed by atoms with Crippen molar-refractivity contribution in [3.63, 3.8) is 0 Å². The third-order valence-corrected chi connectivity index (χ3v) is 4.00. The second kappa shape index (κ2) is 8.50. The van der Waals surface area contributed by atoms with Gasteiger partial charge < -0.3 is 14.4 Å². The third-order valence-electron chi connectivity index (χ3n) is 4.00. The van der Waals surface area contributed by atoms with Gasteiger partial charge in [-0.1, -0.05) is 6.92 Å². The Hall–Kier alpha value is -2.57. The summed E-state index contributed by atoms with van der Waals surface area (Å²) in [4.78, 5) is 30.9. The van der Waals surface area contributed by atoms with Gasteiger partial charge in [0.1, 0.15) is 5.69 Å². The first-order chi connectivity index (χ1) is 12.1. The zero-order chi connectivity index (χ0) is 18.4. The molecule has 0 aliphatic rings. The van der Waals surface area contributed by atoms with Crippen LogP contribution in [-0.4, -0.2) is 53.0 Å². The Morgan fingerprint density at radius 1 is 1.28 bits per heavy atom. The maximum atomic E-state index is 13.1. The standard InChI is InChI=1S/C18H25N3O4/c1-5-13-16(21-11-8-9-14(24-4)17(21)19-13)18(23)20(6-2)12-10-15(22)25-7-3/h8-9,11H,5-7,10,12H2,1-4H3. The van der Waals surface area contributed by atoms with Crippen molar-refractivity contribution >= 4 is 17.5 Å². The van der Waals surface area contributed by atoms with Crippen LogP contribution < -0.4 is 4.74 Å². The van der Waals surface area contributed by atoms with Crippen LogP contribution in [0.3, 0.4) is 0 Å². The van der Waals surface area contributed by atoms with Crippen molar-refractivity contribution < 1.29 is 19.1 Å². The molecule has 0 N–H and O–H groups in total. The smallest absolute Gasteiger partial charge is 0.307 e. The zero-order valence-corrected chi connectivity index (χ0v) is 15.2. The van der Waals surface area contributed by atoms with E-state index in [-0.39, 0.29) is 18.3 Å². The number of pyridine rings is 1. The fourth-order valence-electron chi connectivity index (χ4n) is 2.73. The van der Waals surface area contributed by atoms with Crippen molar-refractivity contribution in [1.29, 1.82) is 0 Å². The van der Waals surface area contributed by atoms with E-state index in [0.717, 1.165) is 0 Å². The van der Waals surface area contributed by atoms with E-state index >= 15 is 0 Å². The molecule has 0 atom stereocenters. The van der Waals surface area contributed by atoms with Crippen molar-refractivity contribution in [3.8, 4) is 5.75 Å². The number of hydrogen-bond acceptors (Lipinski definition) is 5. The van der Waals surface area contributed by atoms with E-state index in [0.29, 0.717) is 48.9 Å². The number of aryl methyl sites for hydroxylation is 1. The van der Waals surface area contributed by atoms with Crippen LogP contribution in [0.4, 0.5) is 0 Å². The molecular weight excluding hydrogens is 322 g/mol. The summed E-state index contributed by atoms with van der Waals surface area (Å²) in [6.07, 6.45) is 2.60. The van der Waals surface area contributed by atoms with Crippen molar-refractivity contribution in [1.82, 2.24) is 14.3 Å². The highest BCUT2D eigenvalue weighted by atomic mass is 16.5. The molecule has 0 saturated carbocycles. The van der Waals surface area contributed by atoms with E-state index < -0.39 is 0 Å². The van der Waals surface area contributed by atoms with Gasteiger partial charge in [0.05, 0.1) is 25.8 Å². The molecule has 1 amide bonds. The monoisotopic (exact) mass is 347 g/mol. The van der Waals surface area contributed by atoms with E-state index in [1.165, 1.54) is 0 Å². The van der Waals surface area contributed by atoms with Crippen molar-refractivity contribution in [2.45, 2.75) is 33.6 Å². The SMILES string of the molecule is CCOC(=O)CCN(CC)C(=O)c1c(CC)nc2c(OC)cccn12. The van der Waals surface area contributed by atoms with Crippen molar-refractivity contribution in [3.05, 3.63) is 29.7 Å².